The van der Waals surface area contributed by atoms with Crippen molar-refractivity contribution in [3.05, 3.63) is 53.2 Å². The lowest BCUT2D eigenvalue weighted by atomic mass is 10.1. The molecule has 0 saturated carbocycles. The molecule has 1 N–H and O–H groups in total. The van der Waals surface area contributed by atoms with E-state index < -0.39 is 10.0 Å². The van der Waals surface area contributed by atoms with E-state index in [1.54, 1.807) is 50.2 Å². The molecule has 5 nitrogen and oxygen atoms in total. The Hall–Kier alpha value is -2.34. The minimum absolute atomic E-state index is 0.0698. The summed E-state index contributed by atoms with van der Waals surface area (Å²) in [6.07, 6.45) is 0. The first-order chi connectivity index (χ1) is 10.3. The molecule has 3 aromatic rings. The predicted octanol–water partition coefficient (Wildman–Crippen LogP) is 2.90. The van der Waals surface area contributed by atoms with Crippen LogP contribution in [0.25, 0.3) is 10.9 Å². The van der Waals surface area contributed by atoms with Crippen LogP contribution < -0.4 is 0 Å². The molecule has 0 radical (unpaired) electrons. The van der Waals surface area contributed by atoms with Gasteiger partial charge >= 0.3 is 0 Å². The second-order valence-corrected chi connectivity index (χ2v) is 7.14. The molecule has 0 aliphatic carbocycles. The van der Waals surface area contributed by atoms with Crippen molar-refractivity contribution in [1.82, 2.24) is 9.19 Å². The first-order valence-electron chi connectivity index (χ1n) is 6.82. The normalized spacial score (nSPS) is 12.0. The largest absolute Gasteiger partial charge is 0.507 e. The number of rotatable bonds is 2. The number of aromatic hydroxyl groups is 1. The van der Waals surface area contributed by atoms with Gasteiger partial charge in [-0.15, -0.1) is 0 Å². The van der Waals surface area contributed by atoms with Gasteiger partial charge in [0, 0.05) is 0 Å². The third-order valence-corrected chi connectivity index (χ3v) is 5.31. The zero-order chi connectivity index (χ0) is 16.1. The molecule has 0 unspecified atom stereocenters. The summed E-state index contributed by atoms with van der Waals surface area (Å²) in [6.45, 7) is 5.34. The van der Waals surface area contributed by atoms with E-state index in [1.165, 1.54) is 0 Å². The summed E-state index contributed by atoms with van der Waals surface area (Å²) < 4.78 is 26.6. The zero-order valence-electron chi connectivity index (χ0n) is 12.5. The number of fused-ring (bicyclic) bond motifs is 1. The smallest absolute Gasteiger partial charge is 0.283 e. The molecule has 1 aromatic heterocycles. The summed E-state index contributed by atoms with van der Waals surface area (Å²) in [7, 11) is -3.80. The molecular weight excluding hydrogens is 300 g/mol. The molecule has 0 atom stereocenters. The van der Waals surface area contributed by atoms with E-state index in [4.69, 9.17) is 0 Å². The lowest BCUT2D eigenvalue weighted by Crippen LogP contribution is -2.14. The van der Waals surface area contributed by atoms with E-state index in [-0.39, 0.29) is 10.6 Å². The van der Waals surface area contributed by atoms with Crippen LogP contribution in [0.4, 0.5) is 0 Å². The molecule has 3 rings (SSSR count). The van der Waals surface area contributed by atoms with E-state index in [0.717, 1.165) is 9.65 Å². The third kappa shape index (κ3) is 2.07. The maximum absolute atomic E-state index is 12.8. The maximum atomic E-state index is 12.8. The Morgan fingerprint density at radius 3 is 2.27 bits per heavy atom. The SMILES string of the molecule is Cc1ccc(S(=O)(=O)n2nc(C)c3c(O)c(C)ccc32)cc1. The lowest BCUT2D eigenvalue weighted by molar-refractivity contribution is 0.477. The first kappa shape index (κ1) is 14.6. The van der Waals surface area contributed by atoms with Crippen molar-refractivity contribution in [2.75, 3.05) is 0 Å². The zero-order valence-corrected chi connectivity index (χ0v) is 13.3. The van der Waals surface area contributed by atoms with Crippen LogP contribution in [0.1, 0.15) is 16.8 Å². The summed E-state index contributed by atoms with van der Waals surface area (Å²) in [5, 5.41) is 14.8. The number of hydrogen-bond acceptors (Lipinski definition) is 4. The Bertz CT molecular complexity index is 971. The minimum atomic E-state index is -3.80. The van der Waals surface area contributed by atoms with Crippen molar-refractivity contribution in [1.29, 1.82) is 0 Å². The average Bonchev–Trinajstić information content (AvgIpc) is 2.82. The molecule has 0 amide bonds. The summed E-state index contributed by atoms with van der Waals surface area (Å²) >= 11 is 0. The number of phenols is 1. The molecule has 22 heavy (non-hydrogen) atoms. The lowest BCUT2D eigenvalue weighted by Gasteiger charge is -2.07. The fourth-order valence-corrected chi connectivity index (χ4v) is 3.75. The highest BCUT2D eigenvalue weighted by atomic mass is 32.2. The third-order valence-electron chi connectivity index (χ3n) is 3.71. The molecule has 1 heterocycles. The predicted molar refractivity (Wildman–Crippen MR) is 84.6 cm³/mol. The van der Waals surface area contributed by atoms with E-state index in [9.17, 15) is 13.5 Å². The highest BCUT2D eigenvalue weighted by Gasteiger charge is 2.23. The number of benzene rings is 2. The molecule has 2 aromatic carbocycles. The second-order valence-electron chi connectivity index (χ2n) is 5.37. The number of aromatic nitrogens is 2. The van der Waals surface area contributed by atoms with E-state index in [0.29, 0.717) is 22.2 Å². The fourth-order valence-electron chi connectivity index (χ4n) is 2.43. The van der Waals surface area contributed by atoms with E-state index in [2.05, 4.69) is 5.10 Å². The van der Waals surface area contributed by atoms with Gasteiger partial charge in [-0.3, -0.25) is 0 Å². The Morgan fingerprint density at radius 2 is 1.64 bits per heavy atom. The van der Waals surface area contributed by atoms with Crippen LogP contribution in [-0.2, 0) is 10.0 Å². The van der Waals surface area contributed by atoms with Gasteiger partial charge < -0.3 is 5.11 Å². The van der Waals surface area contributed by atoms with Gasteiger partial charge in [-0.1, -0.05) is 23.8 Å². The standard InChI is InChI=1S/C16H16N2O3S/c1-10-4-7-13(8-5-10)22(20,21)18-14-9-6-11(2)16(19)15(14)12(3)17-18/h4-9,19H,1-3H3. The molecule has 0 aliphatic rings. The Kier molecular flexibility index (Phi) is 3.21. The molecule has 0 aliphatic heterocycles. The number of phenolic OH excluding ortho intramolecular Hbond substituents is 1. The maximum Gasteiger partial charge on any atom is 0.283 e. The van der Waals surface area contributed by atoms with E-state index in [1.807, 2.05) is 6.92 Å². The number of hydrogen-bond donors (Lipinski definition) is 1. The number of aryl methyl sites for hydroxylation is 3. The Balaban J connectivity index is 2.31. The Labute approximate surface area is 128 Å². The van der Waals surface area contributed by atoms with Crippen molar-refractivity contribution in [2.24, 2.45) is 0 Å². The molecular formula is C16H16N2O3S. The summed E-state index contributed by atoms with van der Waals surface area (Å²) in [5.41, 5.74) is 2.52. The van der Waals surface area contributed by atoms with Crippen LogP contribution in [0, 0.1) is 20.8 Å². The molecule has 0 fully saturated rings. The van der Waals surface area contributed by atoms with Crippen LogP contribution in [0.3, 0.4) is 0 Å². The van der Waals surface area contributed by atoms with Crippen molar-refractivity contribution >= 4 is 20.9 Å². The van der Waals surface area contributed by atoms with Gasteiger partial charge in [-0.25, -0.2) is 0 Å². The average molecular weight is 316 g/mol. The molecule has 6 heteroatoms. The summed E-state index contributed by atoms with van der Waals surface area (Å²) in [6, 6.07) is 9.94. The van der Waals surface area contributed by atoms with Crippen molar-refractivity contribution in [3.8, 4) is 5.75 Å². The molecule has 0 bridgehead atoms. The van der Waals surface area contributed by atoms with Crippen LogP contribution in [0.2, 0.25) is 0 Å². The van der Waals surface area contributed by atoms with Crippen molar-refractivity contribution < 1.29 is 13.5 Å². The Morgan fingerprint density at radius 1 is 1.00 bits per heavy atom. The van der Waals surface area contributed by atoms with Gasteiger partial charge in [0.1, 0.15) is 5.75 Å². The van der Waals surface area contributed by atoms with Gasteiger partial charge in [0.05, 0.1) is 21.5 Å². The van der Waals surface area contributed by atoms with Crippen LogP contribution in [0.5, 0.6) is 5.75 Å². The highest BCUT2D eigenvalue weighted by molar-refractivity contribution is 7.90. The first-order valence-corrected chi connectivity index (χ1v) is 8.26. The summed E-state index contributed by atoms with van der Waals surface area (Å²) in [4.78, 5) is 0.169. The van der Waals surface area contributed by atoms with Crippen molar-refractivity contribution in [2.45, 2.75) is 25.7 Å². The van der Waals surface area contributed by atoms with Crippen LogP contribution in [0.15, 0.2) is 41.3 Å². The second kappa shape index (κ2) is 4.84. The van der Waals surface area contributed by atoms with Gasteiger partial charge in [-0.2, -0.15) is 17.6 Å². The quantitative estimate of drug-likeness (QED) is 0.789. The fraction of sp³-hybridized carbons (Fsp3) is 0.188. The highest BCUT2D eigenvalue weighted by Crippen LogP contribution is 2.32. The van der Waals surface area contributed by atoms with E-state index >= 15 is 0 Å². The van der Waals surface area contributed by atoms with Gasteiger partial charge in [0.2, 0.25) is 0 Å². The van der Waals surface area contributed by atoms with Crippen LogP contribution in [-0.4, -0.2) is 22.7 Å². The van der Waals surface area contributed by atoms with Crippen molar-refractivity contribution in [3.63, 3.8) is 0 Å². The molecule has 0 spiro atoms. The molecule has 0 saturated heterocycles. The number of nitrogens with zero attached hydrogens (tertiary/aromatic N) is 2. The van der Waals surface area contributed by atoms with Gasteiger partial charge in [0.15, 0.2) is 0 Å². The van der Waals surface area contributed by atoms with Crippen LogP contribution >= 0.6 is 0 Å². The monoisotopic (exact) mass is 316 g/mol. The minimum Gasteiger partial charge on any atom is -0.507 e. The topological polar surface area (TPSA) is 72.2 Å². The van der Waals surface area contributed by atoms with Gasteiger partial charge in [0.25, 0.3) is 10.0 Å². The molecule has 114 valence electrons. The summed E-state index contributed by atoms with van der Waals surface area (Å²) in [5.74, 6) is 0.0698. The van der Waals surface area contributed by atoms with Gasteiger partial charge in [-0.05, 0) is 44.5 Å².